The minimum atomic E-state index is 0.573. The second-order valence-electron chi connectivity index (χ2n) is 5.80. The fourth-order valence-corrected chi connectivity index (χ4v) is 2.85. The van der Waals surface area contributed by atoms with E-state index in [-0.39, 0.29) is 0 Å². The number of hydrogen-bond donors (Lipinski definition) is 1. The maximum absolute atomic E-state index is 6.24. The normalized spacial score (nSPS) is 10.4. The first-order valence-corrected chi connectivity index (χ1v) is 8.23. The molecule has 0 radical (unpaired) electrons. The van der Waals surface area contributed by atoms with Crippen LogP contribution in [0.3, 0.4) is 0 Å². The van der Waals surface area contributed by atoms with Crippen LogP contribution < -0.4 is 29.9 Å². The van der Waals surface area contributed by atoms with Gasteiger partial charge >= 0.3 is 5.82 Å². The molecule has 6 nitrogen and oxygen atoms in total. The standard InChI is InChI=1S/C20H21N3O3/c1-24-16-10-13(11-17(25-2)18(16)26-3)9-15-12-22-20(23-19(15)21)14-7-5-4-6-8-14/h4-8,10-12H,9H2,1-3H3,(H2,21,22,23)/p+2. The predicted molar refractivity (Wildman–Crippen MR) is 98.3 cm³/mol. The maximum atomic E-state index is 6.24. The number of rotatable bonds is 6. The van der Waals surface area contributed by atoms with Gasteiger partial charge in [-0.1, -0.05) is 18.2 Å². The molecule has 1 heterocycles. The molecule has 0 unspecified atom stereocenters. The highest BCUT2D eigenvalue weighted by molar-refractivity contribution is 5.55. The molecule has 0 aliphatic carbocycles. The molecule has 0 bridgehead atoms. The molecule has 6 heteroatoms. The van der Waals surface area contributed by atoms with E-state index in [1.165, 1.54) is 0 Å². The largest absolute Gasteiger partial charge is 0.493 e. The number of nitrogens with one attached hydrogen (secondary N) is 2. The monoisotopic (exact) mass is 353 g/mol. The molecule has 134 valence electrons. The van der Waals surface area contributed by atoms with Crippen LogP contribution in [0.5, 0.6) is 17.2 Å². The number of ether oxygens (including phenoxy) is 3. The smallest absolute Gasteiger partial charge is 0.449 e. The molecule has 0 amide bonds. The van der Waals surface area contributed by atoms with Gasteiger partial charge in [-0.3, -0.25) is 0 Å². The lowest BCUT2D eigenvalue weighted by molar-refractivity contribution is -0.501. The molecule has 3 aromatic rings. The second kappa shape index (κ2) is 7.74. The molecule has 0 aliphatic heterocycles. The van der Waals surface area contributed by atoms with Crippen molar-refractivity contribution in [2.75, 3.05) is 27.1 Å². The molecular formula is C20H23N3O3+2. The van der Waals surface area contributed by atoms with Crippen LogP contribution in [-0.2, 0) is 6.42 Å². The topological polar surface area (TPSA) is 82.0 Å². The van der Waals surface area contributed by atoms with Crippen LogP contribution in [0.4, 0.5) is 5.82 Å². The average Bonchev–Trinajstić information content (AvgIpc) is 2.69. The summed E-state index contributed by atoms with van der Waals surface area (Å²) in [7, 11) is 4.79. The summed E-state index contributed by atoms with van der Waals surface area (Å²) in [5.41, 5.74) is 9.23. The number of benzene rings is 2. The molecule has 2 aromatic carbocycles. The van der Waals surface area contributed by atoms with Crippen molar-refractivity contribution >= 4 is 5.82 Å². The number of aromatic nitrogens is 2. The number of nitrogen functional groups attached to an aromatic ring is 1. The van der Waals surface area contributed by atoms with E-state index < -0.39 is 0 Å². The van der Waals surface area contributed by atoms with Crippen molar-refractivity contribution in [3.63, 3.8) is 0 Å². The van der Waals surface area contributed by atoms with Crippen LogP contribution >= 0.6 is 0 Å². The van der Waals surface area contributed by atoms with Crippen molar-refractivity contribution in [2.24, 2.45) is 0 Å². The lowest BCUT2D eigenvalue weighted by Gasteiger charge is -2.13. The molecule has 26 heavy (non-hydrogen) atoms. The van der Waals surface area contributed by atoms with Gasteiger partial charge < -0.3 is 19.9 Å². The van der Waals surface area contributed by atoms with Crippen LogP contribution in [0, 0.1) is 0 Å². The van der Waals surface area contributed by atoms with Gasteiger partial charge in [0.15, 0.2) is 17.7 Å². The van der Waals surface area contributed by atoms with Crippen molar-refractivity contribution in [3.8, 4) is 28.6 Å². The Morgan fingerprint density at radius 2 is 1.58 bits per heavy atom. The van der Waals surface area contributed by atoms with Crippen molar-refractivity contribution in [1.82, 2.24) is 0 Å². The lowest BCUT2D eigenvalue weighted by Crippen LogP contribution is -2.26. The van der Waals surface area contributed by atoms with Crippen LogP contribution in [0.15, 0.2) is 48.7 Å². The third-order valence-electron chi connectivity index (χ3n) is 4.18. The summed E-state index contributed by atoms with van der Waals surface area (Å²) in [4.78, 5) is 6.50. The van der Waals surface area contributed by atoms with E-state index in [1.54, 1.807) is 21.3 Å². The molecule has 0 saturated heterocycles. The number of nitrogens with two attached hydrogens (primary N) is 1. The number of aromatic amines is 2. The Morgan fingerprint density at radius 3 is 2.12 bits per heavy atom. The summed E-state index contributed by atoms with van der Waals surface area (Å²) in [5, 5.41) is 0. The van der Waals surface area contributed by atoms with Gasteiger partial charge in [-0.15, -0.1) is 4.98 Å². The zero-order valence-corrected chi connectivity index (χ0v) is 15.1. The predicted octanol–water partition coefficient (Wildman–Crippen LogP) is 2.18. The Balaban J connectivity index is 1.92. The van der Waals surface area contributed by atoms with E-state index in [9.17, 15) is 0 Å². The number of methoxy groups -OCH3 is 3. The zero-order valence-electron chi connectivity index (χ0n) is 15.1. The Bertz CT molecular complexity index is 873. The average molecular weight is 353 g/mol. The zero-order chi connectivity index (χ0) is 18.5. The quantitative estimate of drug-likeness (QED) is 0.736. The van der Waals surface area contributed by atoms with Crippen LogP contribution in [-0.4, -0.2) is 21.3 Å². The summed E-state index contributed by atoms with van der Waals surface area (Å²) in [6, 6.07) is 13.8. The highest BCUT2D eigenvalue weighted by Gasteiger charge is 2.20. The first kappa shape index (κ1) is 17.5. The third-order valence-corrected chi connectivity index (χ3v) is 4.18. The van der Waals surface area contributed by atoms with E-state index in [2.05, 4.69) is 9.97 Å². The van der Waals surface area contributed by atoms with Gasteiger partial charge in [0.25, 0.3) is 5.82 Å². The minimum Gasteiger partial charge on any atom is -0.493 e. The van der Waals surface area contributed by atoms with Crippen molar-refractivity contribution in [3.05, 3.63) is 59.8 Å². The van der Waals surface area contributed by atoms with Gasteiger partial charge in [-0.2, -0.15) is 4.98 Å². The SMILES string of the molecule is COc1cc(Cc2c[nH+]c(-c3ccccc3)[nH+]c2N)cc(OC)c1OC. The highest BCUT2D eigenvalue weighted by Crippen LogP contribution is 2.38. The number of anilines is 1. The fraction of sp³-hybridized carbons (Fsp3) is 0.200. The molecule has 0 fully saturated rings. The van der Waals surface area contributed by atoms with Gasteiger partial charge in [-0.05, 0) is 29.8 Å². The van der Waals surface area contributed by atoms with Crippen LogP contribution in [0.2, 0.25) is 0 Å². The summed E-state index contributed by atoms with van der Waals surface area (Å²) in [5.74, 6) is 3.28. The van der Waals surface area contributed by atoms with Gasteiger partial charge in [0.05, 0.1) is 21.3 Å². The summed E-state index contributed by atoms with van der Waals surface area (Å²) >= 11 is 0. The van der Waals surface area contributed by atoms with Crippen LogP contribution in [0.25, 0.3) is 11.4 Å². The van der Waals surface area contributed by atoms with Crippen LogP contribution in [0.1, 0.15) is 11.1 Å². The molecule has 4 N–H and O–H groups in total. The fourth-order valence-electron chi connectivity index (χ4n) is 2.85. The number of H-pyrrole nitrogens is 2. The van der Waals surface area contributed by atoms with Gasteiger partial charge in [-0.25, -0.2) is 0 Å². The van der Waals surface area contributed by atoms with E-state index in [0.29, 0.717) is 29.5 Å². The third kappa shape index (κ3) is 3.54. The van der Waals surface area contributed by atoms with E-state index in [0.717, 1.165) is 22.5 Å². The van der Waals surface area contributed by atoms with Gasteiger partial charge in [0.2, 0.25) is 5.75 Å². The molecule has 0 saturated carbocycles. The summed E-state index contributed by atoms with van der Waals surface area (Å²) in [6.45, 7) is 0. The summed E-state index contributed by atoms with van der Waals surface area (Å²) < 4.78 is 16.2. The summed E-state index contributed by atoms with van der Waals surface area (Å²) in [6.07, 6.45) is 2.53. The Morgan fingerprint density at radius 1 is 0.923 bits per heavy atom. The highest BCUT2D eigenvalue weighted by atomic mass is 16.5. The molecule has 0 spiro atoms. The lowest BCUT2D eigenvalue weighted by atomic mass is 10.1. The first-order valence-electron chi connectivity index (χ1n) is 8.23. The number of hydrogen-bond acceptors (Lipinski definition) is 4. The van der Waals surface area contributed by atoms with Crippen molar-refractivity contribution in [1.29, 1.82) is 0 Å². The van der Waals surface area contributed by atoms with E-state index in [4.69, 9.17) is 19.9 Å². The molecular weight excluding hydrogens is 330 g/mol. The van der Waals surface area contributed by atoms with E-state index in [1.807, 2.05) is 48.7 Å². The second-order valence-corrected chi connectivity index (χ2v) is 5.80. The molecule has 1 aromatic heterocycles. The molecule has 0 aliphatic rings. The van der Waals surface area contributed by atoms with Gasteiger partial charge in [0.1, 0.15) is 11.1 Å². The van der Waals surface area contributed by atoms with Crippen molar-refractivity contribution in [2.45, 2.75) is 6.42 Å². The first-order chi connectivity index (χ1) is 12.7. The molecule has 3 rings (SSSR count). The van der Waals surface area contributed by atoms with Crippen molar-refractivity contribution < 1.29 is 24.2 Å². The Hall–Kier alpha value is -3.28. The Labute approximate surface area is 152 Å². The van der Waals surface area contributed by atoms with E-state index >= 15 is 0 Å². The Kier molecular flexibility index (Phi) is 5.22. The maximum Gasteiger partial charge on any atom is 0.449 e. The minimum absolute atomic E-state index is 0.573. The molecule has 0 atom stereocenters. The van der Waals surface area contributed by atoms with Gasteiger partial charge in [0, 0.05) is 6.42 Å².